The highest BCUT2D eigenvalue weighted by molar-refractivity contribution is 7.10. The molecule has 0 N–H and O–H groups in total. The van der Waals surface area contributed by atoms with Gasteiger partial charge in [-0.05, 0) is 61.4 Å². The number of anilines is 1. The maximum absolute atomic E-state index is 13.2. The van der Waals surface area contributed by atoms with Gasteiger partial charge in [-0.25, -0.2) is 0 Å². The van der Waals surface area contributed by atoms with Crippen LogP contribution in [-0.2, 0) is 12.8 Å². The molecule has 1 aliphatic carbocycles. The van der Waals surface area contributed by atoms with Gasteiger partial charge in [-0.1, -0.05) is 6.92 Å². The number of benzene rings is 1. The molecule has 0 bridgehead atoms. The number of hydrogen-bond acceptors (Lipinski definition) is 4. The van der Waals surface area contributed by atoms with Crippen LogP contribution in [0.4, 0.5) is 5.69 Å². The fourth-order valence-electron chi connectivity index (χ4n) is 4.15. The number of fused-ring (bicyclic) bond motifs is 1. The molecule has 140 valence electrons. The largest absolute Gasteiger partial charge is 0.370 e. The summed E-state index contributed by atoms with van der Waals surface area (Å²) in [6.07, 6.45) is 4.33. The molecule has 5 heteroatoms. The Morgan fingerprint density at radius 1 is 1.19 bits per heavy atom. The Bertz CT molecular complexity index is 865. The monoisotopic (exact) mass is 379 g/mol. The van der Waals surface area contributed by atoms with Crippen molar-refractivity contribution in [1.29, 1.82) is 5.26 Å². The zero-order valence-electron chi connectivity index (χ0n) is 15.8. The van der Waals surface area contributed by atoms with Crippen LogP contribution in [0.15, 0.2) is 29.6 Å². The molecule has 0 spiro atoms. The molecule has 4 rings (SSSR count). The molecule has 2 aliphatic rings. The van der Waals surface area contributed by atoms with Gasteiger partial charge in [0.25, 0.3) is 5.91 Å². The summed E-state index contributed by atoms with van der Waals surface area (Å²) >= 11 is 1.77. The summed E-state index contributed by atoms with van der Waals surface area (Å²) in [6, 6.07) is 9.90. The number of thiophene rings is 1. The second kappa shape index (κ2) is 7.74. The van der Waals surface area contributed by atoms with Crippen LogP contribution in [0.25, 0.3) is 0 Å². The van der Waals surface area contributed by atoms with Gasteiger partial charge in [0.05, 0.1) is 17.2 Å². The topological polar surface area (TPSA) is 47.3 Å². The van der Waals surface area contributed by atoms with Gasteiger partial charge < -0.3 is 9.80 Å². The van der Waals surface area contributed by atoms with Crippen LogP contribution in [0.2, 0.25) is 0 Å². The van der Waals surface area contributed by atoms with Crippen molar-refractivity contribution >= 4 is 22.9 Å². The lowest BCUT2D eigenvalue weighted by Gasteiger charge is -2.24. The predicted molar refractivity (Wildman–Crippen MR) is 109 cm³/mol. The third-order valence-electron chi connectivity index (χ3n) is 5.78. The molecule has 2 aromatic rings. The Labute approximate surface area is 165 Å². The van der Waals surface area contributed by atoms with Crippen molar-refractivity contribution < 1.29 is 4.79 Å². The van der Waals surface area contributed by atoms with Crippen molar-refractivity contribution in [2.75, 3.05) is 31.1 Å². The lowest BCUT2D eigenvalue weighted by Crippen LogP contribution is -2.35. The van der Waals surface area contributed by atoms with E-state index in [9.17, 15) is 4.79 Å². The zero-order valence-corrected chi connectivity index (χ0v) is 16.6. The van der Waals surface area contributed by atoms with E-state index in [0.717, 1.165) is 62.6 Å². The second-order valence-corrected chi connectivity index (χ2v) is 8.65. The number of hydrogen-bond donors (Lipinski definition) is 0. The van der Waals surface area contributed by atoms with Crippen LogP contribution in [0.1, 0.15) is 46.1 Å². The van der Waals surface area contributed by atoms with Crippen LogP contribution in [0, 0.1) is 17.2 Å². The van der Waals surface area contributed by atoms with Crippen LogP contribution >= 0.6 is 11.3 Å². The average Bonchev–Trinajstić information content (AvgIpc) is 2.95. The Kier molecular flexibility index (Phi) is 5.18. The summed E-state index contributed by atoms with van der Waals surface area (Å²) in [5.74, 6) is 0.946. The number of amides is 1. The molecule has 27 heavy (non-hydrogen) atoms. The van der Waals surface area contributed by atoms with Gasteiger partial charge in [-0.15, -0.1) is 11.3 Å². The molecule has 1 atom stereocenters. The zero-order chi connectivity index (χ0) is 18.8. The molecule has 1 aromatic carbocycles. The first-order chi connectivity index (χ1) is 13.2. The van der Waals surface area contributed by atoms with Gasteiger partial charge in [0.15, 0.2) is 0 Å². The van der Waals surface area contributed by atoms with E-state index in [4.69, 9.17) is 5.26 Å². The molecule has 0 radical (unpaired) electrons. The van der Waals surface area contributed by atoms with Crippen LogP contribution in [0.5, 0.6) is 0 Å². The molecule has 1 saturated heterocycles. The van der Waals surface area contributed by atoms with E-state index >= 15 is 0 Å². The van der Waals surface area contributed by atoms with Crippen LogP contribution in [-0.4, -0.2) is 37.0 Å². The van der Waals surface area contributed by atoms with E-state index in [1.54, 1.807) is 11.3 Å². The Hall–Kier alpha value is -2.32. The number of nitrogens with zero attached hydrogens (tertiary/aromatic N) is 3. The quantitative estimate of drug-likeness (QED) is 0.789. The lowest BCUT2D eigenvalue weighted by atomic mass is 9.88. The molecular weight excluding hydrogens is 354 g/mol. The van der Waals surface area contributed by atoms with Crippen molar-refractivity contribution in [3.63, 3.8) is 0 Å². The fourth-order valence-corrected chi connectivity index (χ4v) is 5.39. The molecular formula is C22H25N3OS. The average molecular weight is 380 g/mol. The molecule has 2 heterocycles. The number of carbonyl (C=O) groups is 1. The first-order valence-corrected chi connectivity index (χ1v) is 10.7. The molecule has 1 amide bonds. The van der Waals surface area contributed by atoms with Gasteiger partial charge in [0.1, 0.15) is 0 Å². The number of rotatable bonds is 2. The highest BCUT2D eigenvalue weighted by Crippen LogP contribution is 2.33. The van der Waals surface area contributed by atoms with Crippen molar-refractivity contribution in [3.05, 3.63) is 51.2 Å². The normalized spacial score (nSPS) is 19.9. The van der Waals surface area contributed by atoms with Crippen molar-refractivity contribution in [2.45, 2.75) is 32.6 Å². The smallest absolute Gasteiger partial charge is 0.255 e. The first kappa shape index (κ1) is 18.1. The highest BCUT2D eigenvalue weighted by atomic mass is 32.1. The standard InChI is InChI=1S/C22H25N3OS/c1-16-3-8-19-20(15-27-21(19)13-16)22(26)25-10-2-9-24(11-12-25)18-6-4-17(14-23)5-7-18/h4-7,15-16H,2-3,8-13H2,1H3. The van der Waals surface area contributed by atoms with E-state index in [1.807, 2.05) is 29.2 Å². The molecule has 4 nitrogen and oxygen atoms in total. The Balaban J connectivity index is 1.45. The number of carbonyl (C=O) groups excluding carboxylic acids is 1. The molecule has 1 aliphatic heterocycles. The highest BCUT2D eigenvalue weighted by Gasteiger charge is 2.27. The summed E-state index contributed by atoms with van der Waals surface area (Å²) in [5, 5.41) is 11.1. The fraction of sp³-hybridized carbons (Fsp3) is 0.455. The Morgan fingerprint density at radius 2 is 2.00 bits per heavy atom. The van der Waals surface area contributed by atoms with E-state index < -0.39 is 0 Å². The molecule has 1 fully saturated rings. The number of nitriles is 1. The molecule has 0 saturated carbocycles. The third-order valence-corrected chi connectivity index (χ3v) is 6.83. The summed E-state index contributed by atoms with van der Waals surface area (Å²) < 4.78 is 0. The van der Waals surface area contributed by atoms with E-state index in [2.05, 4.69) is 23.3 Å². The van der Waals surface area contributed by atoms with Crippen molar-refractivity contribution in [2.24, 2.45) is 5.92 Å². The van der Waals surface area contributed by atoms with Gasteiger partial charge in [0.2, 0.25) is 0 Å². The second-order valence-electron chi connectivity index (χ2n) is 7.69. The first-order valence-electron chi connectivity index (χ1n) is 9.79. The third kappa shape index (κ3) is 3.72. The van der Waals surface area contributed by atoms with Gasteiger partial charge in [0, 0.05) is 42.1 Å². The summed E-state index contributed by atoms with van der Waals surface area (Å²) in [4.78, 5) is 18.9. The summed E-state index contributed by atoms with van der Waals surface area (Å²) in [5.41, 5.74) is 4.08. The van der Waals surface area contributed by atoms with Gasteiger partial charge >= 0.3 is 0 Å². The van der Waals surface area contributed by atoms with Crippen LogP contribution in [0.3, 0.4) is 0 Å². The summed E-state index contributed by atoms with van der Waals surface area (Å²) in [6.45, 7) is 5.64. The SMILES string of the molecule is CC1CCc2c(C(=O)N3CCCN(c4ccc(C#N)cc4)CC3)csc2C1. The maximum Gasteiger partial charge on any atom is 0.255 e. The minimum Gasteiger partial charge on any atom is -0.370 e. The minimum absolute atomic E-state index is 0.212. The maximum atomic E-state index is 13.2. The Morgan fingerprint density at radius 3 is 2.78 bits per heavy atom. The van der Waals surface area contributed by atoms with Gasteiger partial charge in [-0.3, -0.25) is 4.79 Å². The van der Waals surface area contributed by atoms with Crippen molar-refractivity contribution in [3.8, 4) is 6.07 Å². The molecule has 1 aromatic heterocycles. The van der Waals surface area contributed by atoms with E-state index in [0.29, 0.717) is 5.56 Å². The van der Waals surface area contributed by atoms with E-state index in [1.165, 1.54) is 16.9 Å². The minimum atomic E-state index is 0.212. The van der Waals surface area contributed by atoms with Gasteiger partial charge in [-0.2, -0.15) is 5.26 Å². The van der Waals surface area contributed by atoms with Crippen LogP contribution < -0.4 is 4.90 Å². The summed E-state index contributed by atoms with van der Waals surface area (Å²) in [7, 11) is 0. The van der Waals surface area contributed by atoms with E-state index in [-0.39, 0.29) is 5.91 Å². The lowest BCUT2D eigenvalue weighted by molar-refractivity contribution is 0.0766. The predicted octanol–water partition coefficient (Wildman–Crippen LogP) is 4.10. The van der Waals surface area contributed by atoms with Crippen molar-refractivity contribution in [1.82, 2.24) is 4.90 Å². The molecule has 1 unspecified atom stereocenters.